The van der Waals surface area contributed by atoms with E-state index >= 15 is 0 Å². The third-order valence-corrected chi connectivity index (χ3v) is 4.78. The van der Waals surface area contributed by atoms with Crippen LogP contribution in [0.25, 0.3) is 11.3 Å². The number of benzene rings is 2. The molecule has 1 saturated heterocycles. The van der Waals surface area contributed by atoms with Gasteiger partial charge in [-0.15, -0.1) is 0 Å². The van der Waals surface area contributed by atoms with Crippen molar-refractivity contribution in [1.29, 1.82) is 0 Å². The maximum Gasteiger partial charge on any atom is 0.200 e. The van der Waals surface area contributed by atoms with Crippen molar-refractivity contribution in [1.82, 2.24) is 9.78 Å². The molecular weight excluding hydrogens is 340 g/mol. The molecule has 0 saturated carbocycles. The summed E-state index contributed by atoms with van der Waals surface area (Å²) in [5.41, 5.74) is 4.55. The number of aryl methyl sites for hydroxylation is 1. The predicted octanol–water partition coefficient (Wildman–Crippen LogP) is 4.43. The van der Waals surface area contributed by atoms with Gasteiger partial charge in [0.05, 0.1) is 26.0 Å². The van der Waals surface area contributed by atoms with Crippen LogP contribution in [0.3, 0.4) is 0 Å². The van der Waals surface area contributed by atoms with Crippen molar-refractivity contribution in [3.63, 3.8) is 0 Å². The minimum absolute atomic E-state index is 0.202. The lowest BCUT2D eigenvalue weighted by Crippen LogP contribution is -2.14. The first-order valence-electron chi connectivity index (χ1n) is 9.27. The summed E-state index contributed by atoms with van der Waals surface area (Å²) in [4.78, 5) is 0. The number of ether oxygens (including phenoxy) is 3. The highest BCUT2D eigenvalue weighted by Crippen LogP contribution is 2.34. The lowest BCUT2D eigenvalue weighted by molar-refractivity contribution is -0.0402. The average molecular weight is 364 g/mol. The zero-order chi connectivity index (χ0) is 18.6. The number of hydrogen-bond acceptors (Lipinski definition) is 4. The Bertz CT molecular complexity index is 896. The highest BCUT2D eigenvalue weighted by atomic mass is 16.7. The van der Waals surface area contributed by atoms with E-state index in [4.69, 9.17) is 14.2 Å². The van der Waals surface area contributed by atoms with Crippen molar-refractivity contribution in [2.24, 2.45) is 0 Å². The summed E-state index contributed by atoms with van der Waals surface area (Å²) < 4.78 is 19.1. The van der Waals surface area contributed by atoms with Gasteiger partial charge in [-0.2, -0.15) is 5.10 Å². The van der Waals surface area contributed by atoms with E-state index in [0.717, 1.165) is 37.3 Å². The highest BCUT2D eigenvalue weighted by Gasteiger charge is 2.20. The highest BCUT2D eigenvalue weighted by molar-refractivity contribution is 5.64. The van der Waals surface area contributed by atoms with Crippen molar-refractivity contribution in [2.45, 2.75) is 32.6 Å². The van der Waals surface area contributed by atoms with Crippen LogP contribution in [0.1, 0.15) is 24.0 Å². The van der Waals surface area contributed by atoms with E-state index in [1.165, 1.54) is 11.1 Å². The fourth-order valence-corrected chi connectivity index (χ4v) is 3.28. The second-order valence-corrected chi connectivity index (χ2v) is 6.79. The van der Waals surface area contributed by atoms with Gasteiger partial charge in [0.1, 0.15) is 0 Å². The normalized spacial score (nSPS) is 16.4. The average Bonchev–Trinajstić information content (AvgIpc) is 3.35. The van der Waals surface area contributed by atoms with Crippen LogP contribution in [0, 0.1) is 6.92 Å². The van der Waals surface area contributed by atoms with Crippen LogP contribution in [0.5, 0.6) is 11.5 Å². The van der Waals surface area contributed by atoms with Crippen LogP contribution in [-0.2, 0) is 11.3 Å². The standard InChI is InChI=1S/C22H24N2O3/c1-16-5-7-17(8-6-16)15-24-19(11-12-23-24)18-9-10-20(25-2)21(14-18)27-22-4-3-13-26-22/h5-12,14,22H,3-4,13,15H2,1-2H3. The monoisotopic (exact) mass is 364 g/mol. The van der Waals surface area contributed by atoms with E-state index in [0.29, 0.717) is 11.5 Å². The molecule has 1 aliphatic heterocycles. The Morgan fingerprint density at radius 1 is 1.11 bits per heavy atom. The molecule has 1 atom stereocenters. The summed E-state index contributed by atoms with van der Waals surface area (Å²) in [7, 11) is 1.65. The Kier molecular flexibility index (Phi) is 5.12. The van der Waals surface area contributed by atoms with Gasteiger partial charge in [-0.1, -0.05) is 29.8 Å². The molecule has 2 heterocycles. The molecule has 4 rings (SSSR count). The fourth-order valence-electron chi connectivity index (χ4n) is 3.28. The largest absolute Gasteiger partial charge is 0.493 e. The Labute approximate surface area is 159 Å². The lowest BCUT2D eigenvalue weighted by Gasteiger charge is -2.17. The lowest BCUT2D eigenvalue weighted by atomic mass is 10.1. The SMILES string of the molecule is COc1ccc(-c2ccnn2Cc2ccc(C)cc2)cc1OC1CCCO1. The van der Waals surface area contributed by atoms with E-state index < -0.39 is 0 Å². The first kappa shape index (κ1) is 17.6. The summed E-state index contributed by atoms with van der Waals surface area (Å²) in [6, 6.07) is 16.5. The summed E-state index contributed by atoms with van der Waals surface area (Å²) in [6.07, 6.45) is 3.55. The third kappa shape index (κ3) is 3.98. The van der Waals surface area contributed by atoms with Gasteiger partial charge in [-0.05, 0) is 43.2 Å². The Balaban J connectivity index is 1.61. The molecule has 1 fully saturated rings. The van der Waals surface area contributed by atoms with Crippen molar-refractivity contribution in [2.75, 3.05) is 13.7 Å². The molecule has 140 valence electrons. The van der Waals surface area contributed by atoms with Crippen LogP contribution in [0.15, 0.2) is 54.7 Å². The second kappa shape index (κ2) is 7.84. The van der Waals surface area contributed by atoms with Crippen molar-refractivity contribution >= 4 is 0 Å². The van der Waals surface area contributed by atoms with Gasteiger partial charge in [0.2, 0.25) is 0 Å². The smallest absolute Gasteiger partial charge is 0.200 e. The number of hydrogen-bond donors (Lipinski definition) is 0. The van der Waals surface area contributed by atoms with E-state index in [-0.39, 0.29) is 6.29 Å². The quantitative estimate of drug-likeness (QED) is 0.649. The minimum Gasteiger partial charge on any atom is -0.493 e. The van der Waals surface area contributed by atoms with Crippen molar-refractivity contribution < 1.29 is 14.2 Å². The molecular formula is C22H24N2O3. The van der Waals surface area contributed by atoms with Crippen molar-refractivity contribution in [3.8, 4) is 22.8 Å². The minimum atomic E-state index is -0.202. The molecule has 0 radical (unpaired) electrons. The van der Waals surface area contributed by atoms with E-state index in [1.54, 1.807) is 7.11 Å². The molecule has 0 N–H and O–H groups in total. The molecule has 0 spiro atoms. The summed E-state index contributed by atoms with van der Waals surface area (Å²) in [5.74, 6) is 1.41. The third-order valence-electron chi connectivity index (χ3n) is 4.78. The molecule has 3 aromatic rings. The van der Waals surface area contributed by atoms with Gasteiger partial charge in [-0.3, -0.25) is 4.68 Å². The van der Waals surface area contributed by atoms with Crippen LogP contribution in [-0.4, -0.2) is 29.8 Å². The first-order chi connectivity index (χ1) is 13.2. The number of rotatable bonds is 6. The molecule has 5 heteroatoms. The Morgan fingerprint density at radius 3 is 2.70 bits per heavy atom. The van der Waals surface area contributed by atoms with Gasteiger partial charge in [0.25, 0.3) is 0 Å². The molecule has 1 unspecified atom stereocenters. The van der Waals surface area contributed by atoms with Gasteiger partial charge >= 0.3 is 0 Å². The van der Waals surface area contributed by atoms with Crippen molar-refractivity contribution in [3.05, 3.63) is 65.9 Å². The Morgan fingerprint density at radius 2 is 1.96 bits per heavy atom. The van der Waals surface area contributed by atoms with Gasteiger partial charge in [-0.25, -0.2) is 0 Å². The maximum absolute atomic E-state index is 6.03. The summed E-state index contributed by atoms with van der Waals surface area (Å²) in [5, 5.41) is 4.51. The topological polar surface area (TPSA) is 45.5 Å². The summed E-state index contributed by atoms with van der Waals surface area (Å²) >= 11 is 0. The van der Waals surface area contributed by atoms with E-state index in [2.05, 4.69) is 36.3 Å². The zero-order valence-corrected chi connectivity index (χ0v) is 15.7. The van der Waals surface area contributed by atoms with Gasteiger partial charge < -0.3 is 14.2 Å². The molecule has 0 aliphatic carbocycles. The van der Waals surface area contributed by atoms with Crippen LogP contribution in [0.2, 0.25) is 0 Å². The molecule has 5 nitrogen and oxygen atoms in total. The van der Waals surface area contributed by atoms with E-state index in [1.807, 2.05) is 35.1 Å². The molecule has 1 aliphatic rings. The molecule has 1 aromatic heterocycles. The first-order valence-corrected chi connectivity index (χ1v) is 9.27. The molecule has 27 heavy (non-hydrogen) atoms. The zero-order valence-electron chi connectivity index (χ0n) is 15.7. The number of nitrogens with zero attached hydrogens (tertiary/aromatic N) is 2. The van der Waals surface area contributed by atoms with Crippen LogP contribution in [0.4, 0.5) is 0 Å². The molecule has 2 aromatic carbocycles. The van der Waals surface area contributed by atoms with Gasteiger partial charge in [0, 0.05) is 18.2 Å². The molecule has 0 bridgehead atoms. The number of methoxy groups -OCH3 is 1. The summed E-state index contributed by atoms with van der Waals surface area (Å²) in [6.45, 7) is 3.56. The Hall–Kier alpha value is -2.79. The fraction of sp³-hybridized carbons (Fsp3) is 0.318. The predicted molar refractivity (Wildman–Crippen MR) is 104 cm³/mol. The second-order valence-electron chi connectivity index (χ2n) is 6.79. The number of aromatic nitrogens is 2. The van der Waals surface area contributed by atoms with Crippen LogP contribution < -0.4 is 9.47 Å². The van der Waals surface area contributed by atoms with E-state index in [9.17, 15) is 0 Å². The molecule has 0 amide bonds. The van der Waals surface area contributed by atoms with Crippen LogP contribution >= 0.6 is 0 Å². The maximum atomic E-state index is 6.03. The van der Waals surface area contributed by atoms with Gasteiger partial charge in [0.15, 0.2) is 17.8 Å².